The van der Waals surface area contributed by atoms with Crippen LogP contribution in [-0.2, 0) is 0 Å². The number of halogens is 1. The minimum absolute atomic E-state index is 0.125. The summed E-state index contributed by atoms with van der Waals surface area (Å²) in [4.78, 5) is 17.5. The van der Waals surface area contributed by atoms with Crippen molar-refractivity contribution in [2.24, 2.45) is 0 Å². The van der Waals surface area contributed by atoms with Crippen LogP contribution < -0.4 is 4.90 Å². The van der Waals surface area contributed by atoms with Crippen LogP contribution >= 0.6 is 11.3 Å². The molecule has 3 aromatic rings. The summed E-state index contributed by atoms with van der Waals surface area (Å²) in [6.45, 7) is 2.60. The number of H-pyrrole nitrogens is 1. The molecule has 1 aliphatic rings. The van der Waals surface area contributed by atoms with Crippen LogP contribution in [0.1, 0.15) is 10.4 Å². The number of nitrogens with zero attached hydrogens (tertiary/aromatic N) is 3. The van der Waals surface area contributed by atoms with E-state index in [0.29, 0.717) is 31.7 Å². The molecule has 7 heteroatoms. The fraction of sp³-hybridized carbons (Fsp3) is 0.222. The van der Waals surface area contributed by atoms with E-state index in [1.54, 1.807) is 28.4 Å². The predicted octanol–water partition coefficient (Wildman–Crippen LogP) is 3.24. The number of piperazine rings is 1. The summed E-state index contributed by atoms with van der Waals surface area (Å²) in [5, 5.41) is 9.49. The quantitative estimate of drug-likeness (QED) is 0.784. The van der Waals surface area contributed by atoms with Gasteiger partial charge in [-0.05, 0) is 29.6 Å². The third kappa shape index (κ3) is 3.28. The van der Waals surface area contributed by atoms with Gasteiger partial charge >= 0.3 is 0 Å². The van der Waals surface area contributed by atoms with E-state index in [1.165, 1.54) is 12.1 Å². The minimum Gasteiger partial charge on any atom is -0.352 e. The van der Waals surface area contributed by atoms with Crippen molar-refractivity contribution in [1.82, 2.24) is 15.1 Å². The molecule has 25 heavy (non-hydrogen) atoms. The van der Waals surface area contributed by atoms with Crippen molar-refractivity contribution in [3.8, 4) is 10.6 Å². The van der Waals surface area contributed by atoms with Crippen molar-refractivity contribution in [1.29, 1.82) is 0 Å². The van der Waals surface area contributed by atoms with Crippen LogP contribution in [0.5, 0.6) is 0 Å². The Hall–Kier alpha value is -2.67. The standard InChI is InChI=1S/C18H17FN4OS/c19-14-4-1-3-13(11-14)18(24)23-8-6-22(7-9-23)17-12-15(20-21-17)16-5-2-10-25-16/h1-5,10-12H,6-9H2,(H,20,21). The number of aromatic nitrogens is 2. The van der Waals surface area contributed by atoms with E-state index in [2.05, 4.69) is 21.2 Å². The summed E-state index contributed by atoms with van der Waals surface area (Å²) in [6, 6.07) is 11.9. The molecule has 1 aliphatic heterocycles. The second-order valence-corrected chi connectivity index (χ2v) is 6.85. The van der Waals surface area contributed by atoms with Crippen LogP contribution in [0.3, 0.4) is 0 Å². The Morgan fingerprint density at radius 2 is 1.96 bits per heavy atom. The van der Waals surface area contributed by atoms with Crippen LogP contribution in [0, 0.1) is 5.82 Å². The Labute approximate surface area is 148 Å². The van der Waals surface area contributed by atoms with E-state index in [9.17, 15) is 9.18 Å². The van der Waals surface area contributed by atoms with Gasteiger partial charge in [0.15, 0.2) is 5.82 Å². The molecule has 2 aromatic heterocycles. The number of carbonyl (C=O) groups excluding carboxylic acids is 1. The summed E-state index contributed by atoms with van der Waals surface area (Å²) < 4.78 is 13.3. The lowest BCUT2D eigenvalue weighted by Crippen LogP contribution is -2.49. The predicted molar refractivity (Wildman–Crippen MR) is 96.4 cm³/mol. The van der Waals surface area contributed by atoms with E-state index >= 15 is 0 Å². The highest BCUT2D eigenvalue weighted by atomic mass is 32.1. The Morgan fingerprint density at radius 1 is 1.12 bits per heavy atom. The van der Waals surface area contributed by atoms with Gasteiger partial charge < -0.3 is 9.80 Å². The molecule has 4 rings (SSSR count). The molecular weight excluding hydrogens is 339 g/mol. The van der Waals surface area contributed by atoms with Gasteiger partial charge in [-0.1, -0.05) is 12.1 Å². The first-order chi connectivity index (χ1) is 12.2. The van der Waals surface area contributed by atoms with Gasteiger partial charge in [0, 0.05) is 37.8 Å². The molecular formula is C18H17FN4OS. The van der Waals surface area contributed by atoms with E-state index in [1.807, 2.05) is 17.5 Å². The van der Waals surface area contributed by atoms with E-state index < -0.39 is 0 Å². The van der Waals surface area contributed by atoms with Crippen LogP contribution in [0.2, 0.25) is 0 Å². The number of rotatable bonds is 3. The summed E-state index contributed by atoms with van der Waals surface area (Å²) in [5.41, 5.74) is 1.40. The van der Waals surface area contributed by atoms with Crippen molar-refractivity contribution in [3.05, 3.63) is 59.2 Å². The third-order valence-electron chi connectivity index (χ3n) is 4.31. The molecule has 0 aliphatic carbocycles. The molecule has 5 nitrogen and oxygen atoms in total. The first kappa shape index (κ1) is 15.8. The van der Waals surface area contributed by atoms with Crippen molar-refractivity contribution >= 4 is 23.1 Å². The molecule has 128 valence electrons. The lowest BCUT2D eigenvalue weighted by Gasteiger charge is -2.34. The average Bonchev–Trinajstić information content (AvgIpc) is 3.32. The summed E-state index contributed by atoms with van der Waals surface area (Å²) in [7, 11) is 0. The highest BCUT2D eigenvalue weighted by Gasteiger charge is 2.23. The van der Waals surface area contributed by atoms with Crippen molar-refractivity contribution in [2.45, 2.75) is 0 Å². The lowest BCUT2D eigenvalue weighted by molar-refractivity contribution is 0.0746. The van der Waals surface area contributed by atoms with Crippen molar-refractivity contribution < 1.29 is 9.18 Å². The van der Waals surface area contributed by atoms with E-state index in [4.69, 9.17) is 0 Å². The zero-order valence-corrected chi connectivity index (χ0v) is 14.3. The first-order valence-electron chi connectivity index (χ1n) is 8.10. The number of amides is 1. The Kier molecular flexibility index (Phi) is 4.23. The number of aromatic amines is 1. The van der Waals surface area contributed by atoms with Crippen molar-refractivity contribution in [3.63, 3.8) is 0 Å². The van der Waals surface area contributed by atoms with Crippen LogP contribution in [0.4, 0.5) is 10.2 Å². The average molecular weight is 356 g/mol. The number of nitrogens with one attached hydrogen (secondary N) is 1. The molecule has 1 aromatic carbocycles. The largest absolute Gasteiger partial charge is 0.352 e. The second kappa shape index (κ2) is 6.68. The fourth-order valence-corrected chi connectivity index (χ4v) is 3.67. The van der Waals surface area contributed by atoms with Gasteiger partial charge in [-0.3, -0.25) is 9.89 Å². The van der Waals surface area contributed by atoms with E-state index in [0.717, 1.165) is 16.4 Å². The maximum atomic E-state index is 13.3. The molecule has 0 unspecified atom stereocenters. The number of carbonyl (C=O) groups is 1. The van der Waals surface area contributed by atoms with Gasteiger partial charge in [0.25, 0.3) is 5.91 Å². The monoisotopic (exact) mass is 356 g/mol. The molecule has 0 atom stereocenters. The van der Waals surface area contributed by atoms with Gasteiger partial charge in [-0.15, -0.1) is 11.3 Å². The number of hydrogen-bond acceptors (Lipinski definition) is 4. The molecule has 0 bridgehead atoms. The highest BCUT2D eigenvalue weighted by Crippen LogP contribution is 2.26. The molecule has 1 amide bonds. The minimum atomic E-state index is -0.387. The molecule has 1 N–H and O–H groups in total. The van der Waals surface area contributed by atoms with E-state index in [-0.39, 0.29) is 11.7 Å². The first-order valence-corrected chi connectivity index (χ1v) is 8.98. The van der Waals surface area contributed by atoms with Crippen LogP contribution in [-0.4, -0.2) is 47.2 Å². The van der Waals surface area contributed by atoms with Gasteiger partial charge in [0.2, 0.25) is 0 Å². The zero-order chi connectivity index (χ0) is 17.2. The molecule has 0 saturated carbocycles. The molecule has 0 spiro atoms. The molecule has 0 radical (unpaired) electrons. The van der Waals surface area contributed by atoms with Gasteiger partial charge in [-0.25, -0.2) is 4.39 Å². The smallest absolute Gasteiger partial charge is 0.254 e. The maximum absolute atomic E-state index is 13.3. The van der Waals surface area contributed by atoms with Crippen LogP contribution in [0.15, 0.2) is 47.8 Å². The van der Waals surface area contributed by atoms with Crippen LogP contribution in [0.25, 0.3) is 10.6 Å². The highest BCUT2D eigenvalue weighted by molar-refractivity contribution is 7.13. The summed E-state index contributed by atoms with van der Waals surface area (Å²) >= 11 is 1.67. The number of thiophene rings is 1. The second-order valence-electron chi connectivity index (χ2n) is 5.91. The topological polar surface area (TPSA) is 52.2 Å². The number of benzene rings is 1. The molecule has 1 fully saturated rings. The Morgan fingerprint density at radius 3 is 2.68 bits per heavy atom. The summed E-state index contributed by atoms with van der Waals surface area (Å²) in [5.74, 6) is 0.379. The van der Waals surface area contributed by atoms with Gasteiger partial charge in [0.1, 0.15) is 5.82 Å². The lowest BCUT2D eigenvalue weighted by atomic mass is 10.1. The molecule has 3 heterocycles. The molecule has 1 saturated heterocycles. The third-order valence-corrected chi connectivity index (χ3v) is 5.22. The number of anilines is 1. The van der Waals surface area contributed by atoms with Gasteiger partial charge in [0.05, 0.1) is 10.6 Å². The number of hydrogen-bond donors (Lipinski definition) is 1. The summed E-state index contributed by atoms with van der Waals surface area (Å²) in [6.07, 6.45) is 0. The Bertz CT molecular complexity index is 869. The normalized spacial score (nSPS) is 14.8. The SMILES string of the molecule is O=C(c1cccc(F)c1)N1CCN(c2cc(-c3cccs3)[nH]n2)CC1. The van der Waals surface area contributed by atoms with Crippen molar-refractivity contribution in [2.75, 3.05) is 31.1 Å². The van der Waals surface area contributed by atoms with Gasteiger partial charge in [-0.2, -0.15) is 5.10 Å². The maximum Gasteiger partial charge on any atom is 0.254 e. The Balaban J connectivity index is 1.41. The fourth-order valence-electron chi connectivity index (χ4n) is 2.97. The zero-order valence-electron chi connectivity index (χ0n) is 13.5.